The molecular formula is C8H13NO. The third-order valence-electron chi connectivity index (χ3n) is 2.39. The van der Waals surface area contributed by atoms with Gasteiger partial charge in [-0.25, -0.2) is 0 Å². The van der Waals surface area contributed by atoms with Crippen molar-refractivity contribution in [1.29, 1.82) is 5.26 Å². The molecule has 0 aromatic carbocycles. The molecule has 10 heavy (non-hydrogen) atoms. The topological polar surface area (TPSA) is 44.0 Å². The molecular weight excluding hydrogens is 126 g/mol. The maximum Gasteiger partial charge on any atom is 0.0806 e. The minimum absolute atomic E-state index is 0.0356. The summed E-state index contributed by atoms with van der Waals surface area (Å²) in [5.41, 5.74) is -0.389. The molecule has 56 valence electrons. The molecule has 0 amide bonds. The Bertz CT molecular complexity index is 161. The Hall–Kier alpha value is -0.550. The van der Waals surface area contributed by atoms with Crippen molar-refractivity contribution in [2.45, 2.75) is 26.2 Å². The standard InChI is InChI=1S/C8H13NO/c1-7-2-3-8(4-7,5-9)6-10/h7,10H,2-4,6H2,1H3. The summed E-state index contributed by atoms with van der Waals surface area (Å²) in [5.74, 6) is 0.617. The Morgan fingerprint density at radius 1 is 1.80 bits per heavy atom. The summed E-state index contributed by atoms with van der Waals surface area (Å²) in [6.45, 7) is 2.17. The first-order chi connectivity index (χ1) is 4.72. The predicted molar refractivity (Wildman–Crippen MR) is 38.1 cm³/mol. The summed E-state index contributed by atoms with van der Waals surface area (Å²) in [4.78, 5) is 0. The number of nitriles is 1. The third kappa shape index (κ3) is 1.15. The second-order valence-electron chi connectivity index (χ2n) is 3.40. The van der Waals surface area contributed by atoms with Gasteiger partial charge in [-0.1, -0.05) is 6.92 Å². The zero-order valence-electron chi connectivity index (χ0n) is 6.30. The molecule has 1 aliphatic rings. The zero-order valence-corrected chi connectivity index (χ0v) is 6.30. The number of hydrogen-bond donors (Lipinski definition) is 1. The highest BCUT2D eigenvalue weighted by molar-refractivity contribution is 5.03. The summed E-state index contributed by atoms with van der Waals surface area (Å²) in [5, 5.41) is 17.6. The highest BCUT2D eigenvalue weighted by atomic mass is 16.3. The fourth-order valence-corrected chi connectivity index (χ4v) is 1.67. The first-order valence-electron chi connectivity index (χ1n) is 3.74. The van der Waals surface area contributed by atoms with Crippen LogP contribution in [0, 0.1) is 22.7 Å². The number of aliphatic hydroxyl groups is 1. The largest absolute Gasteiger partial charge is 0.395 e. The molecule has 1 fully saturated rings. The summed E-state index contributed by atoms with van der Waals surface area (Å²) < 4.78 is 0. The Kier molecular flexibility index (Phi) is 1.96. The summed E-state index contributed by atoms with van der Waals surface area (Å²) in [6, 6.07) is 2.21. The third-order valence-corrected chi connectivity index (χ3v) is 2.39. The van der Waals surface area contributed by atoms with Crippen molar-refractivity contribution in [3.8, 4) is 6.07 Å². The Labute approximate surface area is 61.5 Å². The highest BCUT2D eigenvalue weighted by Gasteiger charge is 2.36. The van der Waals surface area contributed by atoms with Gasteiger partial charge in [0, 0.05) is 0 Å². The number of hydrogen-bond acceptors (Lipinski definition) is 2. The van der Waals surface area contributed by atoms with Gasteiger partial charge in [-0.3, -0.25) is 0 Å². The average Bonchev–Trinajstić information content (AvgIpc) is 2.33. The van der Waals surface area contributed by atoms with Crippen molar-refractivity contribution >= 4 is 0 Å². The van der Waals surface area contributed by atoms with Gasteiger partial charge < -0.3 is 5.11 Å². The van der Waals surface area contributed by atoms with E-state index in [4.69, 9.17) is 10.4 Å². The first-order valence-corrected chi connectivity index (χ1v) is 3.74. The average molecular weight is 139 g/mol. The van der Waals surface area contributed by atoms with Crippen LogP contribution in [0.3, 0.4) is 0 Å². The van der Waals surface area contributed by atoms with Crippen molar-refractivity contribution in [3.05, 3.63) is 0 Å². The van der Waals surface area contributed by atoms with E-state index in [9.17, 15) is 0 Å². The van der Waals surface area contributed by atoms with E-state index in [1.807, 2.05) is 0 Å². The molecule has 1 saturated carbocycles. The van der Waals surface area contributed by atoms with Crippen LogP contribution in [0.2, 0.25) is 0 Å². The van der Waals surface area contributed by atoms with Crippen LogP contribution >= 0.6 is 0 Å². The van der Waals surface area contributed by atoms with Crippen molar-refractivity contribution in [2.75, 3.05) is 6.61 Å². The van der Waals surface area contributed by atoms with Gasteiger partial charge in [0.25, 0.3) is 0 Å². The Morgan fingerprint density at radius 2 is 2.50 bits per heavy atom. The van der Waals surface area contributed by atoms with Gasteiger partial charge in [0.2, 0.25) is 0 Å². The summed E-state index contributed by atoms with van der Waals surface area (Å²) >= 11 is 0. The zero-order chi connectivity index (χ0) is 7.61. The molecule has 2 heteroatoms. The van der Waals surface area contributed by atoms with Crippen molar-refractivity contribution < 1.29 is 5.11 Å². The normalized spacial score (nSPS) is 39.5. The molecule has 0 saturated heterocycles. The number of nitrogens with zero attached hydrogens (tertiary/aromatic N) is 1. The highest BCUT2D eigenvalue weighted by Crippen LogP contribution is 2.40. The van der Waals surface area contributed by atoms with Gasteiger partial charge in [0.1, 0.15) is 0 Å². The van der Waals surface area contributed by atoms with E-state index in [0.29, 0.717) is 5.92 Å². The number of rotatable bonds is 1. The van der Waals surface area contributed by atoms with E-state index in [1.165, 1.54) is 0 Å². The monoisotopic (exact) mass is 139 g/mol. The lowest BCUT2D eigenvalue weighted by atomic mass is 9.88. The minimum Gasteiger partial charge on any atom is -0.395 e. The van der Waals surface area contributed by atoms with Crippen molar-refractivity contribution in [3.63, 3.8) is 0 Å². The van der Waals surface area contributed by atoms with Gasteiger partial charge >= 0.3 is 0 Å². The van der Waals surface area contributed by atoms with Crippen LogP contribution in [0.15, 0.2) is 0 Å². The predicted octanol–water partition coefficient (Wildman–Crippen LogP) is 1.31. The summed E-state index contributed by atoms with van der Waals surface area (Å²) in [7, 11) is 0. The molecule has 0 aromatic rings. The number of aliphatic hydroxyl groups excluding tert-OH is 1. The van der Waals surface area contributed by atoms with Crippen LogP contribution in [0.5, 0.6) is 0 Å². The quantitative estimate of drug-likeness (QED) is 0.595. The fraction of sp³-hybridized carbons (Fsp3) is 0.875. The molecule has 1 N–H and O–H groups in total. The van der Waals surface area contributed by atoms with E-state index < -0.39 is 0 Å². The molecule has 0 aliphatic heterocycles. The van der Waals surface area contributed by atoms with Gasteiger partial charge in [0.15, 0.2) is 0 Å². The maximum atomic E-state index is 8.91. The van der Waals surface area contributed by atoms with Crippen LogP contribution in [0.1, 0.15) is 26.2 Å². The molecule has 0 aromatic heterocycles. The molecule has 2 unspecified atom stereocenters. The van der Waals surface area contributed by atoms with E-state index in [0.717, 1.165) is 19.3 Å². The van der Waals surface area contributed by atoms with Gasteiger partial charge in [-0.15, -0.1) is 0 Å². The van der Waals surface area contributed by atoms with Crippen LogP contribution in [0.4, 0.5) is 0 Å². The Balaban J connectivity index is 2.62. The molecule has 1 aliphatic carbocycles. The molecule has 0 spiro atoms. The molecule has 2 atom stereocenters. The summed E-state index contributed by atoms with van der Waals surface area (Å²) in [6.07, 6.45) is 2.84. The lowest BCUT2D eigenvalue weighted by Gasteiger charge is -2.15. The SMILES string of the molecule is CC1CCC(C#N)(CO)C1. The van der Waals surface area contributed by atoms with E-state index >= 15 is 0 Å². The second-order valence-corrected chi connectivity index (χ2v) is 3.40. The van der Waals surface area contributed by atoms with Gasteiger partial charge in [-0.05, 0) is 25.2 Å². The van der Waals surface area contributed by atoms with E-state index in [1.54, 1.807) is 0 Å². The molecule has 0 heterocycles. The lowest BCUT2D eigenvalue weighted by Crippen LogP contribution is -2.18. The van der Waals surface area contributed by atoms with Gasteiger partial charge in [-0.2, -0.15) is 5.26 Å². The second kappa shape index (κ2) is 2.59. The molecule has 1 rings (SSSR count). The van der Waals surface area contributed by atoms with Gasteiger partial charge in [0.05, 0.1) is 18.1 Å². The molecule has 0 bridgehead atoms. The van der Waals surface area contributed by atoms with E-state index in [-0.39, 0.29) is 12.0 Å². The van der Waals surface area contributed by atoms with Crippen molar-refractivity contribution in [2.24, 2.45) is 11.3 Å². The first kappa shape index (κ1) is 7.56. The fourth-order valence-electron chi connectivity index (χ4n) is 1.67. The van der Waals surface area contributed by atoms with Crippen LogP contribution in [-0.4, -0.2) is 11.7 Å². The van der Waals surface area contributed by atoms with Crippen LogP contribution < -0.4 is 0 Å². The Morgan fingerprint density at radius 3 is 2.70 bits per heavy atom. The van der Waals surface area contributed by atoms with Crippen molar-refractivity contribution in [1.82, 2.24) is 0 Å². The van der Waals surface area contributed by atoms with Crippen LogP contribution in [0.25, 0.3) is 0 Å². The van der Waals surface area contributed by atoms with E-state index in [2.05, 4.69) is 13.0 Å². The molecule has 0 radical (unpaired) electrons. The lowest BCUT2D eigenvalue weighted by molar-refractivity contribution is 0.176. The maximum absolute atomic E-state index is 8.91. The van der Waals surface area contributed by atoms with Crippen LogP contribution in [-0.2, 0) is 0 Å². The smallest absolute Gasteiger partial charge is 0.0806 e. The molecule has 2 nitrogen and oxygen atoms in total. The minimum atomic E-state index is -0.389.